The number of aromatic carboxylic acids is 1. The van der Waals surface area contributed by atoms with E-state index in [2.05, 4.69) is 16.9 Å². The van der Waals surface area contributed by atoms with E-state index >= 15 is 0 Å². The normalized spacial score (nSPS) is 10.8. The van der Waals surface area contributed by atoms with Crippen LogP contribution in [0.1, 0.15) is 55.8 Å². The Morgan fingerprint density at radius 3 is 2.76 bits per heavy atom. The fourth-order valence-corrected chi connectivity index (χ4v) is 2.30. The molecule has 0 spiro atoms. The van der Waals surface area contributed by atoms with Crippen molar-refractivity contribution in [1.82, 2.24) is 9.97 Å². The Hall–Kier alpha value is -1.10. The van der Waals surface area contributed by atoms with E-state index < -0.39 is 5.97 Å². The maximum absolute atomic E-state index is 11.1. The molecular weight excluding hydrogens is 236 g/mol. The molecule has 0 amide bonds. The molecule has 4 nitrogen and oxygen atoms in total. The van der Waals surface area contributed by atoms with Crippen LogP contribution in [0.5, 0.6) is 0 Å². The van der Waals surface area contributed by atoms with Crippen LogP contribution in [0, 0.1) is 0 Å². The van der Waals surface area contributed by atoms with Crippen LogP contribution >= 0.6 is 11.8 Å². The first-order chi connectivity index (χ1) is 8.06. The Labute approximate surface area is 106 Å². The molecule has 1 N–H and O–H groups in total. The molecule has 0 aliphatic heterocycles. The molecule has 1 heterocycles. The molecule has 1 rings (SSSR count). The van der Waals surface area contributed by atoms with Gasteiger partial charge in [0, 0.05) is 12.1 Å². The third-order valence-corrected chi connectivity index (χ3v) is 3.35. The lowest BCUT2D eigenvalue weighted by atomic mass is 10.2. The van der Waals surface area contributed by atoms with E-state index in [4.69, 9.17) is 5.11 Å². The van der Waals surface area contributed by atoms with Crippen LogP contribution < -0.4 is 0 Å². The largest absolute Gasteiger partial charge is 0.476 e. The molecule has 0 aliphatic rings. The number of hydrogen-bond acceptors (Lipinski definition) is 4. The van der Waals surface area contributed by atoms with Crippen molar-refractivity contribution in [3.63, 3.8) is 0 Å². The number of rotatable bonds is 6. The molecule has 1 aromatic rings. The fourth-order valence-electron chi connectivity index (χ4n) is 1.25. The summed E-state index contributed by atoms with van der Waals surface area (Å²) in [6, 6.07) is 0. The molecule has 17 heavy (non-hydrogen) atoms. The van der Waals surface area contributed by atoms with Crippen molar-refractivity contribution in [2.75, 3.05) is 5.75 Å². The summed E-state index contributed by atoms with van der Waals surface area (Å²) < 4.78 is 0. The van der Waals surface area contributed by atoms with Crippen molar-refractivity contribution in [3.05, 3.63) is 17.7 Å². The summed E-state index contributed by atoms with van der Waals surface area (Å²) in [5, 5.41) is 9.12. The van der Waals surface area contributed by atoms with Crippen LogP contribution in [0.15, 0.2) is 11.1 Å². The van der Waals surface area contributed by atoms with E-state index in [0.717, 1.165) is 18.6 Å². The lowest BCUT2D eigenvalue weighted by Crippen LogP contribution is -2.08. The smallest absolute Gasteiger partial charge is 0.355 e. The van der Waals surface area contributed by atoms with E-state index in [-0.39, 0.29) is 11.6 Å². The summed E-state index contributed by atoms with van der Waals surface area (Å²) in [6.45, 7) is 6.01. The summed E-state index contributed by atoms with van der Waals surface area (Å²) in [5.41, 5.74) is 0.129. The number of unbranched alkanes of at least 4 members (excludes halogenated alkanes) is 1. The van der Waals surface area contributed by atoms with Crippen molar-refractivity contribution >= 4 is 17.7 Å². The Balaban J connectivity index is 2.92. The van der Waals surface area contributed by atoms with Crippen molar-refractivity contribution in [1.29, 1.82) is 0 Å². The first kappa shape index (κ1) is 14.0. The van der Waals surface area contributed by atoms with E-state index in [1.165, 1.54) is 11.8 Å². The molecule has 0 saturated carbocycles. The van der Waals surface area contributed by atoms with Gasteiger partial charge in [-0.25, -0.2) is 14.8 Å². The van der Waals surface area contributed by atoms with E-state index in [9.17, 15) is 4.79 Å². The summed E-state index contributed by atoms with van der Waals surface area (Å²) in [7, 11) is 0. The van der Waals surface area contributed by atoms with Gasteiger partial charge in [0.25, 0.3) is 0 Å². The Kier molecular flexibility index (Phi) is 5.41. The standard InChI is InChI=1S/C12H18N2O2S/c1-4-5-6-17-9-7-13-11(8(2)3)14-10(9)12(15)16/h7-8H,4-6H2,1-3H3,(H,15,16). The average Bonchev–Trinajstić information content (AvgIpc) is 2.29. The van der Waals surface area contributed by atoms with Gasteiger partial charge in [0.2, 0.25) is 0 Å². The zero-order chi connectivity index (χ0) is 12.8. The predicted molar refractivity (Wildman–Crippen MR) is 68.7 cm³/mol. The first-order valence-electron chi connectivity index (χ1n) is 5.79. The van der Waals surface area contributed by atoms with Gasteiger partial charge in [0.1, 0.15) is 5.82 Å². The van der Waals surface area contributed by atoms with Crippen molar-refractivity contribution in [2.24, 2.45) is 0 Å². The fraction of sp³-hybridized carbons (Fsp3) is 0.583. The minimum Gasteiger partial charge on any atom is -0.476 e. The Morgan fingerprint density at radius 1 is 1.53 bits per heavy atom. The summed E-state index contributed by atoms with van der Waals surface area (Å²) in [6.07, 6.45) is 3.79. The van der Waals surface area contributed by atoms with Crippen LogP contribution in [-0.4, -0.2) is 26.8 Å². The molecule has 5 heteroatoms. The van der Waals surface area contributed by atoms with Gasteiger partial charge in [-0.15, -0.1) is 11.8 Å². The molecular formula is C12H18N2O2S. The zero-order valence-electron chi connectivity index (χ0n) is 10.4. The Morgan fingerprint density at radius 2 is 2.24 bits per heavy atom. The van der Waals surface area contributed by atoms with Gasteiger partial charge in [-0.05, 0) is 12.2 Å². The highest BCUT2D eigenvalue weighted by atomic mass is 32.2. The van der Waals surface area contributed by atoms with Gasteiger partial charge in [0.15, 0.2) is 5.69 Å². The molecule has 0 bridgehead atoms. The van der Waals surface area contributed by atoms with Crippen molar-refractivity contribution < 1.29 is 9.90 Å². The third-order valence-electron chi connectivity index (χ3n) is 2.25. The lowest BCUT2D eigenvalue weighted by Gasteiger charge is -2.08. The topological polar surface area (TPSA) is 63.1 Å². The average molecular weight is 254 g/mol. The van der Waals surface area contributed by atoms with Gasteiger partial charge < -0.3 is 5.11 Å². The van der Waals surface area contributed by atoms with Crippen LogP contribution in [-0.2, 0) is 0 Å². The second-order valence-electron chi connectivity index (χ2n) is 4.10. The number of carboxylic acid groups (broad SMARTS) is 1. The summed E-state index contributed by atoms with van der Waals surface area (Å²) in [4.78, 5) is 20.1. The molecule has 0 atom stereocenters. The van der Waals surface area contributed by atoms with Crippen molar-refractivity contribution in [2.45, 2.75) is 44.4 Å². The molecule has 0 unspecified atom stereocenters. The highest BCUT2D eigenvalue weighted by molar-refractivity contribution is 7.99. The molecule has 0 fully saturated rings. The maximum atomic E-state index is 11.1. The third kappa shape index (κ3) is 4.00. The SMILES string of the molecule is CCCCSc1cnc(C(C)C)nc1C(=O)O. The van der Waals surface area contributed by atoms with Crippen LogP contribution in [0.25, 0.3) is 0 Å². The van der Waals surface area contributed by atoms with Crippen LogP contribution in [0.4, 0.5) is 0 Å². The number of aromatic nitrogens is 2. The highest BCUT2D eigenvalue weighted by Crippen LogP contribution is 2.23. The molecule has 0 radical (unpaired) electrons. The number of thioether (sulfide) groups is 1. The maximum Gasteiger partial charge on any atom is 0.355 e. The minimum absolute atomic E-state index is 0.129. The molecule has 0 aliphatic carbocycles. The summed E-state index contributed by atoms with van der Waals surface area (Å²) >= 11 is 1.51. The van der Waals surface area contributed by atoms with Gasteiger partial charge >= 0.3 is 5.97 Å². The molecule has 0 aromatic carbocycles. The number of carbonyl (C=O) groups is 1. The second kappa shape index (κ2) is 6.59. The van der Waals surface area contributed by atoms with E-state index in [0.29, 0.717) is 10.7 Å². The monoisotopic (exact) mass is 254 g/mol. The molecule has 1 aromatic heterocycles. The van der Waals surface area contributed by atoms with Gasteiger partial charge in [-0.2, -0.15) is 0 Å². The lowest BCUT2D eigenvalue weighted by molar-refractivity contribution is 0.0685. The van der Waals surface area contributed by atoms with Gasteiger partial charge in [-0.1, -0.05) is 27.2 Å². The highest BCUT2D eigenvalue weighted by Gasteiger charge is 2.15. The van der Waals surface area contributed by atoms with Gasteiger partial charge in [-0.3, -0.25) is 0 Å². The number of hydrogen-bond donors (Lipinski definition) is 1. The zero-order valence-corrected chi connectivity index (χ0v) is 11.3. The van der Waals surface area contributed by atoms with E-state index in [1.807, 2.05) is 13.8 Å². The summed E-state index contributed by atoms with van der Waals surface area (Å²) in [5.74, 6) is 0.652. The van der Waals surface area contributed by atoms with Crippen molar-refractivity contribution in [3.8, 4) is 0 Å². The quantitative estimate of drug-likeness (QED) is 0.624. The Bertz CT molecular complexity index is 394. The molecule has 0 saturated heterocycles. The molecule has 94 valence electrons. The predicted octanol–water partition coefficient (Wildman–Crippen LogP) is 3.19. The van der Waals surface area contributed by atoms with Crippen LogP contribution in [0.3, 0.4) is 0 Å². The minimum atomic E-state index is -0.978. The first-order valence-corrected chi connectivity index (χ1v) is 6.77. The van der Waals surface area contributed by atoms with Crippen LogP contribution in [0.2, 0.25) is 0 Å². The van der Waals surface area contributed by atoms with Gasteiger partial charge in [0.05, 0.1) is 4.90 Å². The van der Waals surface area contributed by atoms with E-state index in [1.54, 1.807) is 6.20 Å². The number of nitrogens with zero attached hydrogens (tertiary/aromatic N) is 2. The number of carboxylic acids is 1. The second-order valence-corrected chi connectivity index (χ2v) is 5.24.